The summed E-state index contributed by atoms with van der Waals surface area (Å²) in [6.45, 7) is 3.91. The van der Waals surface area contributed by atoms with E-state index in [1.807, 2.05) is 12.1 Å². The van der Waals surface area contributed by atoms with Crippen LogP contribution in [0.15, 0.2) is 36.4 Å². The molecule has 1 amide bonds. The number of carbonyl (C=O) groups excluding carboxylic acids is 1. The van der Waals surface area contributed by atoms with Crippen LogP contribution in [-0.4, -0.2) is 45.9 Å². The van der Waals surface area contributed by atoms with Gasteiger partial charge in [-0.15, -0.1) is 11.3 Å². The van der Waals surface area contributed by atoms with Crippen LogP contribution in [0.2, 0.25) is 4.34 Å². The van der Waals surface area contributed by atoms with E-state index in [-0.39, 0.29) is 11.9 Å². The molecule has 1 fully saturated rings. The Morgan fingerprint density at radius 2 is 2.00 bits per heavy atom. The van der Waals surface area contributed by atoms with Crippen molar-refractivity contribution in [3.8, 4) is 5.75 Å². The zero-order chi connectivity index (χ0) is 17.6. The second-order valence-electron chi connectivity index (χ2n) is 5.91. The Hall–Kier alpha value is -1.60. The fourth-order valence-electron chi connectivity index (χ4n) is 3.03. The summed E-state index contributed by atoms with van der Waals surface area (Å²) in [5.41, 5.74) is 1.18. The van der Waals surface area contributed by atoms with Crippen LogP contribution in [0.5, 0.6) is 5.75 Å². The van der Waals surface area contributed by atoms with Gasteiger partial charge in [-0.3, -0.25) is 4.79 Å². The second kappa shape index (κ2) is 8.67. The molecule has 1 saturated heterocycles. The van der Waals surface area contributed by atoms with Crippen molar-refractivity contribution in [1.29, 1.82) is 0 Å². The van der Waals surface area contributed by atoms with Crippen LogP contribution >= 0.6 is 22.9 Å². The molecular formula is C18H22ClN2O3S+. The highest BCUT2D eigenvalue weighted by Crippen LogP contribution is 2.21. The number of hydrogen-bond donors (Lipinski definition) is 2. The molecule has 5 nitrogen and oxygen atoms in total. The summed E-state index contributed by atoms with van der Waals surface area (Å²) >= 11 is 7.22. The maximum Gasteiger partial charge on any atom is 0.261 e. The number of rotatable bonds is 6. The van der Waals surface area contributed by atoms with Crippen LogP contribution in [0.25, 0.3) is 0 Å². The molecule has 3 rings (SSSR count). The number of thiophene rings is 1. The van der Waals surface area contributed by atoms with E-state index in [4.69, 9.17) is 21.1 Å². The fraction of sp³-hybridized carbons (Fsp3) is 0.389. The topological polar surface area (TPSA) is 52.0 Å². The van der Waals surface area contributed by atoms with Crippen molar-refractivity contribution in [2.75, 3.05) is 40.0 Å². The molecule has 1 atom stereocenters. The first-order valence-corrected chi connectivity index (χ1v) is 9.46. The average Bonchev–Trinajstić information content (AvgIpc) is 3.10. The number of morpholine rings is 1. The number of quaternary nitrogens is 1. The van der Waals surface area contributed by atoms with Crippen LogP contribution in [0.4, 0.5) is 0 Å². The van der Waals surface area contributed by atoms with Crippen molar-refractivity contribution in [3.05, 3.63) is 51.2 Å². The molecule has 0 aliphatic carbocycles. The first kappa shape index (κ1) is 18.2. The molecule has 0 unspecified atom stereocenters. The normalized spacial score (nSPS) is 16.4. The Bertz CT molecular complexity index is 699. The SMILES string of the molecule is COc1ccc([C@@H](CNC(=O)c2ccc(Cl)s2)[NH+]2CCOCC2)cc1. The number of carbonyl (C=O) groups is 1. The van der Waals surface area contributed by atoms with Gasteiger partial charge in [-0.05, 0) is 36.4 Å². The quantitative estimate of drug-likeness (QED) is 0.802. The minimum absolute atomic E-state index is 0.0805. The van der Waals surface area contributed by atoms with E-state index in [1.54, 1.807) is 19.2 Å². The van der Waals surface area contributed by atoms with E-state index in [0.29, 0.717) is 15.8 Å². The monoisotopic (exact) mass is 381 g/mol. The first-order valence-electron chi connectivity index (χ1n) is 8.27. The smallest absolute Gasteiger partial charge is 0.261 e. The highest BCUT2D eigenvalue weighted by atomic mass is 35.5. The third-order valence-electron chi connectivity index (χ3n) is 4.41. The summed E-state index contributed by atoms with van der Waals surface area (Å²) in [5, 5.41) is 3.06. The summed E-state index contributed by atoms with van der Waals surface area (Å²) in [5.74, 6) is 0.750. The van der Waals surface area contributed by atoms with Gasteiger partial charge in [-0.25, -0.2) is 0 Å². The molecule has 1 aromatic carbocycles. The number of benzene rings is 1. The van der Waals surface area contributed by atoms with Gasteiger partial charge in [0.15, 0.2) is 0 Å². The molecule has 1 aliphatic heterocycles. The maximum atomic E-state index is 12.4. The van der Waals surface area contributed by atoms with Crippen LogP contribution in [0.1, 0.15) is 21.3 Å². The van der Waals surface area contributed by atoms with E-state index in [9.17, 15) is 4.79 Å². The molecule has 2 heterocycles. The Labute approximate surface area is 156 Å². The fourth-order valence-corrected chi connectivity index (χ4v) is 3.99. The minimum atomic E-state index is -0.0805. The second-order valence-corrected chi connectivity index (χ2v) is 7.63. The van der Waals surface area contributed by atoms with Crippen molar-refractivity contribution < 1.29 is 19.2 Å². The van der Waals surface area contributed by atoms with Gasteiger partial charge < -0.3 is 19.7 Å². The summed E-state index contributed by atoms with van der Waals surface area (Å²) in [4.78, 5) is 14.4. The van der Waals surface area contributed by atoms with Crippen molar-refractivity contribution in [2.45, 2.75) is 6.04 Å². The van der Waals surface area contributed by atoms with Gasteiger partial charge in [-0.2, -0.15) is 0 Å². The molecule has 2 aromatic rings. The van der Waals surface area contributed by atoms with Crippen molar-refractivity contribution in [1.82, 2.24) is 5.32 Å². The van der Waals surface area contributed by atoms with E-state index in [2.05, 4.69) is 17.4 Å². The first-order chi connectivity index (χ1) is 12.2. The Morgan fingerprint density at radius 1 is 1.28 bits per heavy atom. The lowest BCUT2D eigenvalue weighted by Crippen LogP contribution is -3.15. The Kier molecular flexibility index (Phi) is 6.31. The van der Waals surface area contributed by atoms with Gasteiger partial charge in [-0.1, -0.05) is 11.6 Å². The van der Waals surface area contributed by atoms with Gasteiger partial charge in [0, 0.05) is 5.56 Å². The van der Waals surface area contributed by atoms with Crippen molar-refractivity contribution >= 4 is 28.8 Å². The lowest BCUT2D eigenvalue weighted by molar-refractivity contribution is -0.937. The number of nitrogens with one attached hydrogen (secondary N) is 2. The largest absolute Gasteiger partial charge is 0.497 e. The number of amides is 1. The van der Waals surface area contributed by atoms with Crippen molar-refractivity contribution in [2.24, 2.45) is 0 Å². The zero-order valence-corrected chi connectivity index (χ0v) is 15.7. The van der Waals surface area contributed by atoms with Gasteiger partial charge in [0.2, 0.25) is 0 Å². The lowest BCUT2D eigenvalue weighted by atomic mass is 10.0. The summed E-state index contributed by atoms with van der Waals surface area (Å²) in [7, 11) is 1.66. The van der Waals surface area contributed by atoms with Gasteiger partial charge in [0.05, 0.1) is 36.1 Å². The summed E-state index contributed by atoms with van der Waals surface area (Å²) in [6.07, 6.45) is 0. The van der Waals surface area contributed by atoms with Gasteiger partial charge >= 0.3 is 0 Å². The molecular weight excluding hydrogens is 360 g/mol. The molecule has 0 spiro atoms. The van der Waals surface area contributed by atoms with E-state index in [1.165, 1.54) is 21.8 Å². The molecule has 7 heteroatoms. The lowest BCUT2D eigenvalue weighted by Gasteiger charge is -2.32. The number of methoxy groups -OCH3 is 1. The van der Waals surface area contributed by atoms with Crippen LogP contribution in [0.3, 0.4) is 0 Å². The molecule has 2 N–H and O–H groups in total. The molecule has 0 bridgehead atoms. The molecule has 1 aromatic heterocycles. The minimum Gasteiger partial charge on any atom is -0.497 e. The highest BCUT2D eigenvalue weighted by molar-refractivity contribution is 7.17. The van der Waals surface area contributed by atoms with Crippen LogP contribution in [0, 0.1) is 0 Å². The third-order valence-corrected chi connectivity index (χ3v) is 5.64. The number of ether oxygens (including phenoxy) is 2. The van der Waals surface area contributed by atoms with E-state index >= 15 is 0 Å². The van der Waals surface area contributed by atoms with Gasteiger partial charge in [0.25, 0.3) is 5.91 Å². The highest BCUT2D eigenvalue weighted by Gasteiger charge is 2.27. The van der Waals surface area contributed by atoms with Gasteiger partial charge in [0.1, 0.15) is 24.9 Å². The predicted molar refractivity (Wildman–Crippen MR) is 98.9 cm³/mol. The zero-order valence-electron chi connectivity index (χ0n) is 14.1. The van der Waals surface area contributed by atoms with E-state index in [0.717, 1.165) is 32.1 Å². The standard InChI is InChI=1S/C18H21ClN2O3S/c1-23-14-4-2-13(3-5-14)15(21-8-10-24-11-9-21)12-20-18(22)16-6-7-17(19)25-16/h2-7,15H,8-12H2,1H3,(H,20,22)/p+1/t15-/m1/s1. The average molecular weight is 382 g/mol. The molecule has 1 aliphatic rings. The molecule has 25 heavy (non-hydrogen) atoms. The third kappa shape index (κ3) is 4.73. The van der Waals surface area contributed by atoms with Crippen LogP contribution < -0.4 is 15.0 Å². The number of halogens is 1. The van der Waals surface area contributed by atoms with Crippen molar-refractivity contribution in [3.63, 3.8) is 0 Å². The molecule has 0 radical (unpaired) electrons. The predicted octanol–water partition coefficient (Wildman–Crippen LogP) is 1.80. The summed E-state index contributed by atoms with van der Waals surface area (Å²) < 4.78 is 11.3. The maximum absolute atomic E-state index is 12.4. The summed E-state index contributed by atoms with van der Waals surface area (Å²) in [6, 6.07) is 11.7. The van der Waals surface area contributed by atoms with Crippen LogP contribution in [-0.2, 0) is 4.74 Å². The molecule has 134 valence electrons. The van der Waals surface area contributed by atoms with E-state index < -0.39 is 0 Å². The number of hydrogen-bond acceptors (Lipinski definition) is 4. The Morgan fingerprint density at radius 3 is 2.60 bits per heavy atom. The Balaban J connectivity index is 1.72. The molecule has 0 saturated carbocycles.